The number of fused-ring (bicyclic) bond motifs is 1. The van der Waals surface area contributed by atoms with Gasteiger partial charge in [-0.05, 0) is 42.2 Å². The third-order valence-corrected chi connectivity index (χ3v) is 4.63. The summed E-state index contributed by atoms with van der Waals surface area (Å²) in [5, 5.41) is 10.4. The Morgan fingerprint density at radius 2 is 2.10 bits per heavy atom. The SMILES string of the molecule is N#CC1(Cc2ccc(Br)cc2Cl)COc2ccccc2C1. The number of hydrogen-bond donors (Lipinski definition) is 0. The largest absolute Gasteiger partial charge is 0.492 e. The van der Waals surface area contributed by atoms with Crippen LogP contribution in [-0.4, -0.2) is 6.61 Å². The van der Waals surface area contributed by atoms with Crippen molar-refractivity contribution in [3.63, 3.8) is 0 Å². The van der Waals surface area contributed by atoms with Gasteiger partial charge in [0.2, 0.25) is 0 Å². The number of para-hydroxylation sites is 1. The summed E-state index contributed by atoms with van der Waals surface area (Å²) >= 11 is 9.69. The maximum atomic E-state index is 9.69. The molecular formula is C17H13BrClNO. The van der Waals surface area contributed by atoms with Gasteiger partial charge in [-0.25, -0.2) is 0 Å². The second-order valence-electron chi connectivity index (χ2n) is 5.38. The van der Waals surface area contributed by atoms with Crippen LogP contribution in [0.1, 0.15) is 11.1 Å². The van der Waals surface area contributed by atoms with E-state index >= 15 is 0 Å². The number of nitriles is 1. The van der Waals surface area contributed by atoms with Gasteiger partial charge in [0.05, 0.1) is 11.5 Å². The normalized spacial score (nSPS) is 20.2. The Bertz CT molecular complexity index is 725. The zero-order valence-electron chi connectivity index (χ0n) is 11.3. The molecule has 0 aliphatic carbocycles. The Labute approximate surface area is 137 Å². The first-order valence-corrected chi connectivity index (χ1v) is 7.85. The van der Waals surface area contributed by atoms with Crippen LogP contribution in [0, 0.1) is 16.7 Å². The van der Waals surface area contributed by atoms with E-state index in [2.05, 4.69) is 22.0 Å². The van der Waals surface area contributed by atoms with Crippen molar-refractivity contribution < 1.29 is 4.74 Å². The van der Waals surface area contributed by atoms with Crippen LogP contribution in [0.3, 0.4) is 0 Å². The molecule has 1 aliphatic rings. The van der Waals surface area contributed by atoms with Crippen molar-refractivity contribution in [3.05, 3.63) is 63.1 Å². The van der Waals surface area contributed by atoms with E-state index in [-0.39, 0.29) is 0 Å². The Morgan fingerprint density at radius 3 is 2.86 bits per heavy atom. The number of halogens is 2. The molecule has 0 N–H and O–H groups in total. The lowest BCUT2D eigenvalue weighted by Gasteiger charge is -2.32. The molecule has 0 saturated carbocycles. The molecule has 2 aromatic carbocycles. The van der Waals surface area contributed by atoms with Crippen LogP contribution in [0.2, 0.25) is 5.02 Å². The van der Waals surface area contributed by atoms with Gasteiger partial charge in [0.15, 0.2) is 0 Å². The number of nitrogens with zero attached hydrogens (tertiary/aromatic N) is 1. The molecule has 0 bridgehead atoms. The molecule has 1 atom stereocenters. The van der Waals surface area contributed by atoms with E-state index in [9.17, 15) is 5.26 Å². The molecule has 1 unspecified atom stereocenters. The van der Waals surface area contributed by atoms with Crippen molar-refractivity contribution in [1.29, 1.82) is 5.26 Å². The maximum Gasteiger partial charge on any atom is 0.122 e. The van der Waals surface area contributed by atoms with Crippen LogP contribution in [0.5, 0.6) is 5.75 Å². The Kier molecular flexibility index (Phi) is 3.93. The fourth-order valence-electron chi connectivity index (χ4n) is 2.68. The van der Waals surface area contributed by atoms with Gasteiger partial charge in [0, 0.05) is 9.50 Å². The average Bonchev–Trinajstić information content (AvgIpc) is 2.50. The van der Waals surface area contributed by atoms with Crippen molar-refractivity contribution in [3.8, 4) is 11.8 Å². The third kappa shape index (κ3) is 2.92. The standard InChI is InChI=1S/C17H13BrClNO/c18-14-6-5-12(15(19)7-14)8-17(10-20)9-13-3-1-2-4-16(13)21-11-17/h1-7H,8-9,11H2. The Hall–Kier alpha value is -1.50. The highest BCUT2D eigenvalue weighted by Gasteiger charge is 2.36. The van der Waals surface area contributed by atoms with Crippen molar-refractivity contribution in [2.24, 2.45) is 5.41 Å². The third-order valence-electron chi connectivity index (χ3n) is 3.79. The number of benzene rings is 2. The molecule has 0 spiro atoms. The monoisotopic (exact) mass is 361 g/mol. The van der Waals surface area contributed by atoms with E-state index in [0.29, 0.717) is 24.5 Å². The molecule has 4 heteroatoms. The highest BCUT2D eigenvalue weighted by Crippen LogP contribution is 2.38. The van der Waals surface area contributed by atoms with E-state index in [1.54, 1.807) is 0 Å². The van der Waals surface area contributed by atoms with Gasteiger partial charge in [-0.2, -0.15) is 5.26 Å². The maximum absolute atomic E-state index is 9.69. The minimum Gasteiger partial charge on any atom is -0.492 e. The van der Waals surface area contributed by atoms with Crippen LogP contribution < -0.4 is 4.74 Å². The molecule has 2 aromatic rings. The molecule has 3 rings (SSSR count). The van der Waals surface area contributed by atoms with E-state index in [1.807, 2.05) is 42.5 Å². The van der Waals surface area contributed by atoms with Crippen molar-refractivity contribution in [2.75, 3.05) is 6.61 Å². The summed E-state index contributed by atoms with van der Waals surface area (Å²) < 4.78 is 6.73. The van der Waals surface area contributed by atoms with Gasteiger partial charge < -0.3 is 4.74 Å². The van der Waals surface area contributed by atoms with Gasteiger partial charge in [-0.15, -0.1) is 0 Å². The zero-order chi connectivity index (χ0) is 14.9. The second-order valence-corrected chi connectivity index (χ2v) is 6.70. The summed E-state index contributed by atoms with van der Waals surface area (Å²) in [6, 6.07) is 16.1. The molecule has 1 aliphatic heterocycles. The van der Waals surface area contributed by atoms with Crippen LogP contribution in [0.4, 0.5) is 0 Å². The fraction of sp³-hybridized carbons (Fsp3) is 0.235. The molecule has 0 saturated heterocycles. The highest BCUT2D eigenvalue weighted by atomic mass is 79.9. The molecule has 0 radical (unpaired) electrons. The van der Waals surface area contributed by atoms with Gasteiger partial charge in [-0.1, -0.05) is 51.8 Å². The van der Waals surface area contributed by atoms with Crippen LogP contribution in [0.25, 0.3) is 0 Å². The molecule has 2 nitrogen and oxygen atoms in total. The van der Waals surface area contributed by atoms with Crippen molar-refractivity contribution in [2.45, 2.75) is 12.8 Å². The fourth-order valence-corrected chi connectivity index (χ4v) is 3.42. The summed E-state index contributed by atoms with van der Waals surface area (Å²) in [4.78, 5) is 0. The van der Waals surface area contributed by atoms with Gasteiger partial charge in [0.25, 0.3) is 0 Å². The lowest BCUT2D eigenvalue weighted by molar-refractivity contribution is 0.169. The smallest absolute Gasteiger partial charge is 0.122 e. The van der Waals surface area contributed by atoms with Gasteiger partial charge >= 0.3 is 0 Å². The van der Waals surface area contributed by atoms with E-state index in [0.717, 1.165) is 21.3 Å². The number of rotatable bonds is 2. The van der Waals surface area contributed by atoms with E-state index in [1.165, 1.54) is 0 Å². The lowest BCUT2D eigenvalue weighted by atomic mass is 9.77. The highest BCUT2D eigenvalue weighted by molar-refractivity contribution is 9.10. The predicted octanol–water partition coefficient (Wildman–Crippen LogP) is 4.79. The number of ether oxygens (including phenoxy) is 1. The first-order valence-electron chi connectivity index (χ1n) is 6.68. The second kappa shape index (κ2) is 5.71. The quantitative estimate of drug-likeness (QED) is 0.769. The number of hydrogen-bond acceptors (Lipinski definition) is 2. The Morgan fingerprint density at radius 1 is 1.29 bits per heavy atom. The topological polar surface area (TPSA) is 33.0 Å². The van der Waals surface area contributed by atoms with Crippen molar-refractivity contribution >= 4 is 27.5 Å². The minimum absolute atomic E-state index is 0.396. The first kappa shape index (κ1) is 14.4. The molecule has 1 heterocycles. The van der Waals surface area contributed by atoms with E-state index in [4.69, 9.17) is 16.3 Å². The summed E-state index contributed by atoms with van der Waals surface area (Å²) in [5.74, 6) is 0.880. The van der Waals surface area contributed by atoms with Crippen molar-refractivity contribution in [1.82, 2.24) is 0 Å². The van der Waals surface area contributed by atoms with Gasteiger partial charge in [0.1, 0.15) is 12.4 Å². The predicted molar refractivity (Wildman–Crippen MR) is 86.5 cm³/mol. The van der Waals surface area contributed by atoms with Gasteiger partial charge in [-0.3, -0.25) is 0 Å². The Balaban J connectivity index is 1.91. The van der Waals surface area contributed by atoms with E-state index < -0.39 is 5.41 Å². The average molecular weight is 363 g/mol. The summed E-state index contributed by atoms with van der Waals surface area (Å²) in [5.41, 5.74) is 1.49. The van der Waals surface area contributed by atoms with Crippen LogP contribution in [-0.2, 0) is 12.8 Å². The molecule has 106 valence electrons. The molecule has 21 heavy (non-hydrogen) atoms. The van der Waals surface area contributed by atoms with Crippen LogP contribution >= 0.6 is 27.5 Å². The van der Waals surface area contributed by atoms with Crippen LogP contribution in [0.15, 0.2) is 46.9 Å². The summed E-state index contributed by atoms with van der Waals surface area (Å²) in [6.45, 7) is 0.396. The lowest BCUT2D eigenvalue weighted by Crippen LogP contribution is -2.35. The first-order chi connectivity index (χ1) is 10.1. The summed E-state index contributed by atoms with van der Waals surface area (Å²) in [6.07, 6.45) is 1.27. The zero-order valence-corrected chi connectivity index (χ0v) is 13.6. The molecule has 0 fully saturated rings. The molecule has 0 amide bonds. The molecule has 0 aromatic heterocycles. The molecular weight excluding hydrogens is 350 g/mol. The minimum atomic E-state index is -0.564. The summed E-state index contributed by atoms with van der Waals surface area (Å²) in [7, 11) is 0.